The molecule has 1 fully saturated rings. The van der Waals surface area contributed by atoms with Gasteiger partial charge in [-0.05, 0) is 41.4 Å². The molecular weight excluding hydrogens is 196 g/mol. The number of fused-ring (bicyclic) bond motifs is 2. The van der Waals surface area contributed by atoms with Crippen molar-refractivity contribution in [1.82, 2.24) is 0 Å². The van der Waals surface area contributed by atoms with Crippen molar-refractivity contribution in [3.8, 4) is 0 Å². The Bertz CT molecular complexity index is 422. The minimum absolute atomic E-state index is 0.108. The van der Waals surface area contributed by atoms with Gasteiger partial charge in [0, 0.05) is 0 Å². The summed E-state index contributed by atoms with van der Waals surface area (Å²) in [6.07, 6.45) is 3.75. The average molecular weight is 216 g/mol. The van der Waals surface area contributed by atoms with Gasteiger partial charge in [0.2, 0.25) is 0 Å². The standard InChI is InChI=1S/C15H20O/c1-14(2,3)12-6-5-11-10-16-15(7-4-8-15)13(11)9-12/h5-6,9H,4,7-8,10H2,1-3H3. The molecule has 0 bridgehead atoms. The van der Waals surface area contributed by atoms with Gasteiger partial charge in [0.25, 0.3) is 0 Å². The van der Waals surface area contributed by atoms with Crippen molar-refractivity contribution in [2.24, 2.45) is 0 Å². The summed E-state index contributed by atoms with van der Waals surface area (Å²) in [5, 5.41) is 0. The number of ether oxygens (including phenoxy) is 1. The molecule has 0 amide bonds. The molecule has 86 valence electrons. The van der Waals surface area contributed by atoms with Gasteiger partial charge in [-0.25, -0.2) is 0 Å². The van der Waals surface area contributed by atoms with Crippen molar-refractivity contribution in [3.63, 3.8) is 0 Å². The Morgan fingerprint density at radius 1 is 1.19 bits per heavy atom. The molecule has 1 heteroatoms. The normalized spacial score (nSPS) is 21.9. The fraction of sp³-hybridized carbons (Fsp3) is 0.600. The lowest BCUT2D eigenvalue weighted by atomic mass is 9.73. The van der Waals surface area contributed by atoms with Gasteiger partial charge in [0.05, 0.1) is 12.2 Å². The molecule has 1 saturated carbocycles. The van der Waals surface area contributed by atoms with E-state index >= 15 is 0 Å². The van der Waals surface area contributed by atoms with Gasteiger partial charge in [-0.15, -0.1) is 0 Å². The molecule has 0 unspecified atom stereocenters. The van der Waals surface area contributed by atoms with E-state index in [1.807, 2.05) is 0 Å². The SMILES string of the molecule is CC(C)(C)c1ccc2c(c1)C1(CCC1)OC2. The van der Waals surface area contributed by atoms with Crippen molar-refractivity contribution < 1.29 is 4.74 Å². The third-order valence-corrected chi connectivity index (χ3v) is 4.13. The Hall–Kier alpha value is -0.820. The zero-order valence-electron chi connectivity index (χ0n) is 10.5. The first-order valence-electron chi connectivity index (χ1n) is 6.29. The van der Waals surface area contributed by atoms with E-state index in [0.717, 1.165) is 6.61 Å². The fourth-order valence-electron chi connectivity index (χ4n) is 2.80. The Morgan fingerprint density at radius 2 is 1.94 bits per heavy atom. The Kier molecular flexibility index (Phi) is 2.00. The average Bonchev–Trinajstić information content (AvgIpc) is 2.53. The zero-order valence-corrected chi connectivity index (χ0v) is 10.5. The van der Waals surface area contributed by atoms with Crippen LogP contribution < -0.4 is 0 Å². The summed E-state index contributed by atoms with van der Waals surface area (Å²) >= 11 is 0. The predicted molar refractivity (Wildman–Crippen MR) is 65.5 cm³/mol. The first-order chi connectivity index (χ1) is 7.51. The fourth-order valence-corrected chi connectivity index (χ4v) is 2.80. The largest absolute Gasteiger partial charge is 0.366 e. The van der Waals surface area contributed by atoms with Crippen LogP contribution in [0.2, 0.25) is 0 Å². The van der Waals surface area contributed by atoms with Crippen molar-refractivity contribution in [3.05, 3.63) is 34.9 Å². The maximum atomic E-state index is 6.01. The van der Waals surface area contributed by atoms with E-state index in [1.165, 1.54) is 36.0 Å². The second-order valence-electron chi connectivity index (χ2n) is 6.26. The highest BCUT2D eigenvalue weighted by Crippen LogP contribution is 2.51. The first kappa shape index (κ1) is 10.3. The van der Waals surface area contributed by atoms with Gasteiger partial charge >= 0.3 is 0 Å². The van der Waals surface area contributed by atoms with E-state index in [1.54, 1.807) is 0 Å². The summed E-state index contributed by atoms with van der Waals surface area (Å²) in [6.45, 7) is 7.65. The molecule has 0 N–H and O–H groups in total. The molecule has 0 aromatic heterocycles. The van der Waals surface area contributed by atoms with E-state index < -0.39 is 0 Å². The second-order valence-corrected chi connectivity index (χ2v) is 6.26. The zero-order chi connectivity index (χ0) is 11.4. The molecule has 1 heterocycles. The molecule has 2 aliphatic rings. The van der Waals surface area contributed by atoms with Crippen LogP contribution in [0.3, 0.4) is 0 Å². The number of hydrogen-bond donors (Lipinski definition) is 0. The molecule has 0 saturated heterocycles. The molecule has 0 radical (unpaired) electrons. The summed E-state index contributed by atoms with van der Waals surface area (Å²) in [7, 11) is 0. The van der Waals surface area contributed by atoms with Gasteiger partial charge in [-0.3, -0.25) is 0 Å². The smallest absolute Gasteiger partial charge is 0.0939 e. The van der Waals surface area contributed by atoms with E-state index in [4.69, 9.17) is 4.74 Å². The lowest BCUT2D eigenvalue weighted by Gasteiger charge is -2.38. The third kappa shape index (κ3) is 1.34. The minimum atomic E-state index is 0.108. The van der Waals surface area contributed by atoms with Gasteiger partial charge in [0.1, 0.15) is 0 Å². The lowest BCUT2D eigenvalue weighted by Crippen LogP contribution is -2.33. The molecule has 3 rings (SSSR count). The first-order valence-corrected chi connectivity index (χ1v) is 6.29. The van der Waals surface area contributed by atoms with E-state index in [2.05, 4.69) is 39.0 Å². The van der Waals surface area contributed by atoms with Gasteiger partial charge in [-0.1, -0.05) is 39.0 Å². The van der Waals surface area contributed by atoms with Crippen molar-refractivity contribution >= 4 is 0 Å². The topological polar surface area (TPSA) is 9.23 Å². The summed E-state index contributed by atoms with van der Waals surface area (Å²) in [5.41, 5.74) is 4.67. The highest BCUT2D eigenvalue weighted by atomic mass is 16.5. The van der Waals surface area contributed by atoms with Crippen LogP contribution in [0.5, 0.6) is 0 Å². The van der Waals surface area contributed by atoms with Crippen LogP contribution in [0.1, 0.15) is 56.7 Å². The van der Waals surface area contributed by atoms with Gasteiger partial charge < -0.3 is 4.74 Å². The number of rotatable bonds is 0. The summed E-state index contributed by atoms with van der Waals surface area (Å²) in [4.78, 5) is 0. The Labute approximate surface area is 97.8 Å². The van der Waals surface area contributed by atoms with Gasteiger partial charge in [-0.2, -0.15) is 0 Å². The maximum Gasteiger partial charge on any atom is 0.0939 e. The van der Waals surface area contributed by atoms with Crippen LogP contribution in [-0.4, -0.2) is 0 Å². The molecule has 1 aromatic rings. The third-order valence-electron chi connectivity index (χ3n) is 4.13. The molecule has 1 aliphatic heterocycles. The molecular formula is C15H20O. The van der Waals surface area contributed by atoms with Crippen molar-refractivity contribution in [2.75, 3.05) is 0 Å². The van der Waals surface area contributed by atoms with Gasteiger partial charge in [0.15, 0.2) is 0 Å². The minimum Gasteiger partial charge on any atom is -0.366 e. The van der Waals surface area contributed by atoms with Crippen LogP contribution in [0.4, 0.5) is 0 Å². The molecule has 16 heavy (non-hydrogen) atoms. The van der Waals surface area contributed by atoms with Crippen molar-refractivity contribution in [1.29, 1.82) is 0 Å². The summed E-state index contributed by atoms with van der Waals surface area (Å²) in [5.74, 6) is 0. The van der Waals surface area contributed by atoms with Crippen LogP contribution in [0.15, 0.2) is 18.2 Å². The molecule has 1 nitrogen and oxygen atoms in total. The summed E-state index contributed by atoms with van der Waals surface area (Å²) in [6, 6.07) is 6.92. The number of hydrogen-bond acceptors (Lipinski definition) is 1. The quantitative estimate of drug-likeness (QED) is 0.639. The van der Waals surface area contributed by atoms with E-state index in [0.29, 0.717) is 0 Å². The highest BCUT2D eigenvalue weighted by Gasteiger charge is 2.45. The molecule has 1 aliphatic carbocycles. The molecule has 1 aromatic carbocycles. The highest BCUT2D eigenvalue weighted by molar-refractivity contribution is 5.42. The van der Waals surface area contributed by atoms with Crippen molar-refractivity contribution in [2.45, 2.75) is 57.7 Å². The molecule has 1 spiro atoms. The molecule has 0 atom stereocenters. The van der Waals surface area contributed by atoms with Crippen LogP contribution >= 0.6 is 0 Å². The lowest BCUT2D eigenvalue weighted by molar-refractivity contribution is -0.0944. The van der Waals surface area contributed by atoms with Crippen LogP contribution in [-0.2, 0) is 22.4 Å². The van der Waals surface area contributed by atoms with E-state index in [-0.39, 0.29) is 11.0 Å². The maximum absolute atomic E-state index is 6.01. The predicted octanol–water partition coefficient (Wildman–Crippen LogP) is 3.89. The monoisotopic (exact) mass is 216 g/mol. The summed E-state index contributed by atoms with van der Waals surface area (Å²) < 4.78 is 6.01. The van der Waals surface area contributed by atoms with Crippen LogP contribution in [0, 0.1) is 0 Å². The number of benzene rings is 1. The Morgan fingerprint density at radius 3 is 2.50 bits per heavy atom. The van der Waals surface area contributed by atoms with Crippen LogP contribution in [0.25, 0.3) is 0 Å². The van der Waals surface area contributed by atoms with E-state index in [9.17, 15) is 0 Å². The Balaban J connectivity index is 2.07. The second kappa shape index (κ2) is 3.10.